The third-order valence-electron chi connectivity index (χ3n) is 3.86. The van der Waals surface area contributed by atoms with E-state index in [1.807, 2.05) is 31.2 Å². The highest BCUT2D eigenvalue weighted by Crippen LogP contribution is 2.40. The minimum Gasteiger partial charge on any atom is -0.462 e. The van der Waals surface area contributed by atoms with Crippen LogP contribution in [0, 0.1) is 0 Å². The molecule has 0 fully saturated rings. The average molecular weight is 348 g/mol. The lowest BCUT2D eigenvalue weighted by atomic mass is 9.95. The third kappa shape index (κ3) is 3.48. The van der Waals surface area contributed by atoms with Gasteiger partial charge in [0.05, 0.1) is 12.2 Å². The molecule has 0 unspecified atom stereocenters. The van der Waals surface area contributed by atoms with Gasteiger partial charge in [0.15, 0.2) is 0 Å². The number of carbonyl (C=O) groups excluding carboxylic acids is 1. The Morgan fingerprint density at radius 2 is 2.13 bits per heavy atom. The van der Waals surface area contributed by atoms with Gasteiger partial charge in [-0.3, -0.25) is 0 Å². The van der Waals surface area contributed by atoms with Gasteiger partial charge < -0.3 is 4.74 Å². The summed E-state index contributed by atoms with van der Waals surface area (Å²) in [5, 5.41) is 1.38. The number of ether oxygens (including phenoxy) is 1. The van der Waals surface area contributed by atoms with Gasteiger partial charge in [0.25, 0.3) is 0 Å². The first-order valence-corrected chi connectivity index (χ1v) is 9.00. The highest BCUT2D eigenvalue weighted by atomic mass is 35.5. The maximum Gasteiger partial charge on any atom is 0.341 e. The predicted molar refractivity (Wildman–Crippen MR) is 95.6 cm³/mol. The molecule has 0 amide bonds. The summed E-state index contributed by atoms with van der Waals surface area (Å²) in [7, 11) is 0. The van der Waals surface area contributed by atoms with Gasteiger partial charge in [0.2, 0.25) is 0 Å². The van der Waals surface area contributed by atoms with Gasteiger partial charge in [-0.15, -0.1) is 11.3 Å². The molecule has 2 aromatic rings. The van der Waals surface area contributed by atoms with Crippen LogP contribution in [0.2, 0.25) is 5.02 Å². The van der Waals surface area contributed by atoms with Gasteiger partial charge >= 0.3 is 5.97 Å². The summed E-state index contributed by atoms with van der Waals surface area (Å²) in [6.45, 7) is 2.19. The lowest BCUT2D eigenvalue weighted by Gasteiger charge is -2.11. The molecule has 1 aliphatic rings. The van der Waals surface area contributed by atoms with E-state index in [2.05, 4.69) is 4.99 Å². The van der Waals surface area contributed by atoms with Gasteiger partial charge in [0.1, 0.15) is 5.00 Å². The van der Waals surface area contributed by atoms with Crippen molar-refractivity contribution in [2.45, 2.75) is 32.6 Å². The van der Waals surface area contributed by atoms with E-state index in [-0.39, 0.29) is 5.97 Å². The molecule has 0 radical (unpaired) electrons. The average Bonchev–Trinajstić information content (AvgIpc) is 2.92. The van der Waals surface area contributed by atoms with E-state index < -0.39 is 0 Å². The second-order valence-electron chi connectivity index (χ2n) is 5.39. The summed E-state index contributed by atoms with van der Waals surface area (Å²) >= 11 is 7.76. The standard InChI is InChI=1S/C18H18ClNO2S/c1-2-22-18(21)16-13-8-4-6-10-15(13)23-17(16)20-11-12-7-3-5-9-14(12)19/h3,5,7,9,11H,2,4,6,8,10H2,1H3/b20-11+. The summed E-state index contributed by atoms with van der Waals surface area (Å²) in [4.78, 5) is 18.2. The van der Waals surface area contributed by atoms with E-state index in [1.165, 1.54) is 11.3 Å². The number of rotatable bonds is 4. The van der Waals surface area contributed by atoms with E-state index in [4.69, 9.17) is 16.3 Å². The molecule has 0 saturated carbocycles. The van der Waals surface area contributed by atoms with Crippen LogP contribution in [0.4, 0.5) is 5.00 Å². The van der Waals surface area contributed by atoms with Crippen molar-refractivity contribution in [1.82, 2.24) is 0 Å². The molecule has 120 valence electrons. The highest BCUT2D eigenvalue weighted by Gasteiger charge is 2.25. The fourth-order valence-corrected chi connectivity index (χ4v) is 4.17. The van der Waals surface area contributed by atoms with Crippen LogP contribution in [0.5, 0.6) is 0 Å². The Hall–Kier alpha value is -1.65. The lowest BCUT2D eigenvalue weighted by Crippen LogP contribution is -2.09. The van der Waals surface area contributed by atoms with Crippen LogP contribution in [0.15, 0.2) is 29.3 Å². The summed E-state index contributed by atoms with van der Waals surface area (Å²) in [5.41, 5.74) is 2.62. The van der Waals surface area contributed by atoms with Crippen molar-refractivity contribution in [1.29, 1.82) is 0 Å². The van der Waals surface area contributed by atoms with Crippen molar-refractivity contribution < 1.29 is 9.53 Å². The molecule has 1 aliphatic carbocycles. The van der Waals surface area contributed by atoms with Crippen molar-refractivity contribution >= 4 is 40.1 Å². The number of halogens is 1. The fraction of sp³-hybridized carbons (Fsp3) is 0.333. The van der Waals surface area contributed by atoms with Gasteiger partial charge in [0, 0.05) is 21.7 Å². The van der Waals surface area contributed by atoms with E-state index in [9.17, 15) is 4.79 Å². The van der Waals surface area contributed by atoms with Crippen LogP contribution in [0.3, 0.4) is 0 Å². The monoisotopic (exact) mass is 347 g/mol. The van der Waals surface area contributed by atoms with Crippen molar-refractivity contribution in [2.75, 3.05) is 6.61 Å². The lowest BCUT2D eigenvalue weighted by molar-refractivity contribution is 0.0526. The van der Waals surface area contributed by atoms with Crippen molar-refractivity contribution in [3.8, 4) is 0 Å². The van der Waals surface area contributed by atoms with Crippen molar-refractivity contribution in [3.63, 3.8) is 0 Å². The molecule has 3 nitrogen and oxygen atoms in total. The van der Waals surface area contributed by atoms with E-state index in [0.29, 0.717) is 17.2 Å². The van der Waals surface area contributed by atoms with Crippen molar-refractivity contribution in [3.05, 3.63) is 50.9 Å². The van der Waals surface area contributed by atoms with Crippen LogP contribution in [-0.4, -0.2) is 18.8 Å². The zero-order valence-electron chi connectivity index (χ0n) is 13.0. The van der Waals surface area contributed by atoms with Gasteiger partial charge in [-0.05, 0) is 44.2 Å². The number of hydrogen-bond donors (Lipinski definition) is 0. The minimum atomic E-state index is -0.266. The second-order valence-corrected chi connectivity index (χ2v) is 6.88. The maximum atomic E-state index is 12.4. The number of aliphatic imine (C=N–C) groups is 1. The molecule has 0 aliphatic heterocycles. The maximum absolute atomic E-state index is 12.4. The van der Waals surface area contributed by atoms with Crippen molar-refractivity contribution in [2.24, 2.45) is 4.99 Å². The zero-order valence-corrected chi connectivity index (χ0v) is 14.5. The quantitative estimate of drug-likeness (QED) is 0.562. The first-order valence-electron chi connectivity index (χ1n) is 7.81. The zero-order chi connectivity index (χ0) is 16.2. The molecule has 0 saturated heterocycles. The Labute approximate surface area is 145 Å². The molecule has 0 N–H and O–H groups in total. The highest BCUT2D eigenvalue weighted by molar-refractivity contribution is 7.16. The SMILES string of the molecule is CCOC(=O)c1c(/N=C/c2ccccc2Cl)sc2c1CCCC2. The Morgan fingerprint density at radius 3 is 2.91 bits per heavy atom. The minimum absolute atomic E-state index is 0.266. The Kier molecular flexibility index (Phi) is 5.13. The van der Waals surface area contributed by atoms with Gasteiger partial charge in [-0.2, -0.15) is 0 Å². The molecule has 0 spiro atoms. The molecule has 0 bridgehead atoms. The number of aryl methyl sites for hydroxylation is 1. The molecular formula is C18H18ClNO2S. The van der Waals surface area contributed by atoms with E-state index in [0.717, 1.165) is 35.4 Å². The van der Waals surface area contributed by atoms with Gasteiger partial charge in [-0.25, -0.2) is 9.79 Å². The number of benzene rings is 1. The molecule has 5 heteroatoms. The number of carbonyl (C=O) groups is 1. The third-order valence-corrected chi connectivity index (χ3v) is 5.40. The molecule has 1 aromatic carbocycles. The molecule has 1 aromatic heterocycles. The van der Waals surface area contributed by atoms with Crippen LogP contribution < -0.4 is 0 Å². The number of fused-ring (bicyclic) bond motifs is 1. The Bertz CT molecular complexity index is 751. The van der Waals surface area contributed by atoms with E-state index >= 15 is 0 Å². The second kappa shape index (κ2) is 7.28. The topological polar surface area (TPSA) is 38.7 Å². The normalized spacial score (nSPS) is 14.0. The first kappa shape index (κ1) is 16.2. The number of esters is 1. The Morgan fingerprint density at radius 1 is 1.35 bits per heavy atom. The van der Waals surface area contributed by atoms with Crippen LogP contribution in [0.25, 0.3) is 0 Å². The molecule has 23 heavy (non-hydrogen) atoms. The summed E-state index contributed by atoms with van der Waals surface area (Å²) in [6.07, 6.45) is 5.96. The van der Waals surface area contributed by atoms with Crippen LogP contribution >= 0.6 is 22.9 Å². The smallest absolute Gasteiger partial charge is 0.341 e. The summed E-state index contributed by atoms with van der Waals surface area (Å²) in [5.74, 6) is -0.266. The number of thiophene rings is 1. The largest absolute Gasteiger partial charge is 0.462 e. The number of hydrogen-bond acceptors (Lipinski definition) is 4. The molecule has 3 rings (SSSR count). The molecule has 1 heterocycles. The van der Waals surface area contributed by atoms with E-state index in [1.54, 1.807) is 17.6 Å². The number of nitrogens with zero attached hydrogens (tertiary/aromatic N) is 1. The molecular weight excluding hydrogens is 330 g/mol. The van der Waals surface area contributed by atoms with Crippen LogP contribution in [0.1, 0.15) is 46.1 Å². The summed E-state index contributed by atoms with van der Waals surface area (Å²) < 4.78 is 5.24. The van der Waals surface area contributed by atoms with Crippen LogP contribution in [-0.2, 0) is 17.6 Å². The molecule has 0 atom stereocenters. The Balaban J connectivity index is 1.99. The fourth-order valence-electron chi connectivity index (χ4n) is 2.76. The van der Waals surface area contributed by atoms with Gasteiger partial charge in [-0.1, -0.05) is 29.8 Å². The first-order chi connectivity index (χ1) is 11.2. The summed E-state index contributed by atoms with van der Waals surface area (Å²) in [6, 6.07) is 7.53. The predicted octanol–water partition coefficient (Wildman–Crippen LogP) is 5.21.